The van der Waals surface area contributed by atoms with Gasteiger partial charge in [-0.2, -0.15) is 0 Å². The van der Waals surface area contributed by atoms with Crippen molar-refractivity contribution in [2.24, 2.45) is 0 Å². The second kappa shape index (κ2) is 6.69. The largest absolute Gasteiger partial charge is 0.349 e. The molecule has 2 aromatic rings. The highest BCUT2D eigenvalue weighted by Crippen LogP contribution is 2.23. The molecule has 1 aromatic carbocycles. The van der Waals surface area contributed by atoms with Crippen LogP contribution in [0, 0.1) is 11.6 Å². The van der Waals surface area contributed by atoms with E-state index in [4.69, 9.17) is 0 Å². The third kappa shape index (κ3) is 4.14. The molecule has 2 rings (SSSR count). The minimum atomic E-state index is -3.42. The zero-order valence-corrected chi connectivity index (χ0v) is 12.6. The molecule has 0 aliphatic carbocycles. The second-order valence-electron chi connectivity index (χ2n) is 4.57. The Balaban J connectivity index is 2.13. The maximum absolute atomic E-state index is 13.5. The van der Waals surface area contributed by atoms with E-state index in [0.29, 0.717) is 12.1 Å². The average Bonchev–Trinajstić information content (AvgIpc) is 2.44. The molecule has 0 bridgehead atoms. The van der Waals surface area contributed by atoms with Crippen LogP contribution in [0.3, 0.4) is 0 Å². The number of nitrogens with zero attached hydrogens (tertiary/aromatic N) is 1. The first-order chi connectivity index (χ1) is 10.4. The summed E-state index contributed by atoms with van der Waals surface area (Å²) >= 11 is 0. The third-order valence-electron chi connectivity index (χ3n) is 2.73. The van der Waals surface area contributed by atoms with Crippen molar-refractivity contribution in [3.05, 3.63) is 48.2 Å². The predicted octanol–water partition coefficient (Wildman–Crippen LogP) is 3.26. The summed E-state index contributed by atoms with van der Waals surface area (Å²) in [5.41, 5.74) is 0.0473. The van der Waals surface area contributed by atoms with Crippen molar-refractivity contribution in [2.75, 3.05) is 15.8 Å². The number of nitrogens with one attached hydrogen (secondary N) is 2. The van der Waals surface area contributed by atoms with Gasteiger partial charge in [0.1, 0.15) is 23.1 Å². The van der Waals surface area contributed by atoms with Crippen LogP contribution >= 0.6 is 0 Å². The topological polar surface area (TPSA) is 71.1 Å². The first-order valence-corrected chi connectivity index (χ1v) is 8.24. The summed E-state index contributed by atoms with van der Waals surface area (Å²) in [6.45, 7) is 1.75. The van der Waals surface area contributed by atoms with Gasteiger partial charge in [0, 0.05) is 0 Å². The van der Waals surface area contributed by atoms with Crippen molar-refractivity contribution in [2.45, 2.75) is 13.3 Å². The Labute approximate surface area is 127 Å². The van der Waals surface area contributed by atoms with Crippen molar-refractivity contribution in [1.29, 1.82) is 0 Å². The first kappa shape index (κ1) is 16.2. The van der Waals surface area contributed by atoms with Gasteiger partial charge in [0.05, 0.1) is 17.6 Å². The standard InChI is InChI=1S/C14H15F2N3O2S/c1-2-8-22(20,21)19-13-7-6-10(9-17-13)18-14-11(15)4-3-5-12(14)16/h3-7,9,18H,2,8H2,1H3,(H,17,19). The fourth-order valence-corrected chi connectivity index (χ4v) is 2.85. The van der Waals surface area contributed by atoms with Crippen LogP contribution in [0.1, 0.15) is 13.3 Å². The van der Waals surface area contributed by atoms with Gasteiger partial charge in [-0.15, -0.1) is 0 Å². The summed E-state index contributed by atoms with van der Waals surface area (Å²) < 4.78 is 52.5. The van der Waals surface area contributed by atoms with E-state index >= 15 is 0 Å². The molecule has 0 aliphatic rings. The number of aromatic nitrogens is 1. The van der Waals surface area contributed by atoms with Crippen molar-refractivity contribution in [3.8, 4) is 0 Å². The zero-order valence-electron chi connectivity index (χ0n) is 11.8. The zero-order chi connectivity index (χ0) is 16.2. The number of benzene rings is 1. The van der Waals surface area contributed by atoms with Gasteiger partial charge in [-0.25, -0.2) is 22.2 Å². The van der Waals surface area contributed by atoms with Crippen LogP contribution in [0.25, 0.3) is 0 Å². The van der Waals surface area contributed by atoms with Crippen molar-refractivity contribution >= 4 is 27.2 Å². The van der Waals surface area contributed by atoms with Gasteiger partial charge < -0.3 is 5.32 Å². The summed E-state index contributed by atoms with van der Waals surface area (Å²) in [5.74, 6) is -1.32. The molecule has 118 valence electrons. The predicted molar refractivity (Wildman–Crippen MR) is 81.6 cm³/mol. The van der Waals surface area contributed by atoms with Crippen molar-refractivity contribution < 1.29 is 17.2 Å². The van der Waals surface area contributed by atoms with Crippen LogP contribution in [0.5, 0.6) is 0 Å². The highest BCUT2D eigenvalue weighted by Gasteiger charge is 2.11. The number of pyridine rings is 1. The van der Waals surface area contributed by atoms with Crippen LogP contribution in [0.4, 0.5) is 26.0 Å². The minimum absolute atomic E-state index is 0.00484. The van der Waals surface area contributed by atoms with Crippen LogP contribution in [-0.4, -0.2) is 19.2 Å². The van der Waals surface area contributed by atoms with Crippen LogP contribution in [0.15, 0.2) is 36.5 Å². The molecular weight excluding hydrogens is 312 g/mol. The highest BCUT2D eigenvalue weighted by molar-refractivity contribution is 7.92. The van der Waals surface area contributed by atoms with Gasteiger partial charge in [0.25, 0.3) is 0 Å². The van der Waals surface area contributed by atoms with E-state index in [1.54, 1.807) is 6.92 Å². The van der Waals surface area contributed by atoms with Gasteiger partial charge >= 0.3 is 0 Å². The Morgan fingerprint density at radius 2 is 1.82 bits per heavy atom. The summed E-state index contributed by atoms with van der Waals surface area (Å²) in [6.07, 6.45) is 1.78. The molecule has 0 unspecified atom stereocenters. The quantitative estimate of drug-likeness (QED) is 0.854. The van der Waals surface area contributed by atoms with Crippen LogP contribution in [0.2, 0.25) is 0 Å². The normalized spacial score (nSPS) is 11.2. The molecule has 8 heteroatoms. The second-order valence-corrected chi connectivity index (χ2v) is 6.42. The lowest BCUT2D eigenvalue weighted by atomic mass is 10.2. The van der Waals surface area contributed by atoms with E-state index in [0.717, 1.165) is 12.1 Å². The Bertz CT molecular complexity index is 729. The maximum atomic E-state index is 13.5. The monoisotopic (exact) mass is 327 g/mol. The smallest absolute Gasteiger partial charge is 0.233 e. The lowest BCUT2D eigenvalue weighted by molar-refractivity contribution is 0.590. The molecular formula is C14H15F2N3O2S. The van der Waals surface area contributed by atoms with Crippen LogP contribution in [-0.2, 0) is 10.0 Å². The van der Waals surface area contributed by atoms with Crippen LogP contribution < -0.4 is 10.0 Å². The SMILES string of the molecule is CCCS(=O)(=O)Nc1ccc(Nc2c(F)cccc2F)cn1. The van der Waals surface area contributed by atoms with Crippen molar-refractivity contribution in [1.82, 2.24) is 4.98 Å². The summed E-state index contributed by atoms with van der Waals surface area (Å²) in [7, 11) is -3.42. The summed E-state index contributed by atoms with van der Waals surface area (Å²) in [5, 5.41) is 2.57. The molecule has 1 aromatic heterocycles. The van der Waals surface area contributed by atoms with Gasteiger partial charge in [0.2, 0.25) is 10.0 Å². The molecule has 2 N–H and O–H groups in total. The Morgan fingerprint density at radius 3 is 2.36 bits per heavy atom. The number of hydrogen-bond donors (Lipinski definition) is 2. The molecule has 0 fully saturated rings. The van der Waals surface area contributed by atoms with E-state index < -0.39 is 21.7 Å². The number of rotatable bonds is 6. The number of para-hydroxylation sites is 1. The molecule has 0 aliphatic heterocycles. The average molecular weight is 327 g/mol. The molecule has 0 saturated carbocycles. The molecule has 0 atom stereocenters. The van der Waals surface area contributed by atoms with Gasteiger partial charge in [0.15, 0.2) is 0 Å². The highest BCUT2D eigenvalue weighted by atomic mass is 32.2. The fraction of sp³-hybridized carbons (Fsp3) is 0.214. The van der Waals surface area contributed by atoms with E-state index in [1.165, 1.54) is 24.4 Å². The van der Waals surface area contributed by atoms with E-state index in [9.17, 15) is 17.2 Å². The number of sulfonamides is 1. The maximum Gasteiger partial charge on any atom is 0.233 e. The lowest BCUT2D eigenvalue weighted by Crippen LogP contribution is -2.16. The third-order valence-corrected chi connectivity index (χ3v) is 4.19. The molecule has 0 saturated heterocycles. The molecule has 0 radical (unpaired) electrons. The Hall–Kier alpha value is -2.22. The number of hydrogen-bond acceptors (Lipinski definition) is 4. The fourth-order valence-electron chi connectivity index (χ4n) is 1.77. The molecule has 0 spiro atoms. The summed E-state index contributed by atoms with van der Waals surface area (Å²) in [6, 6.07) is 6.41. The molecule has 5 nitrogen and oxygen atoms in total. The Morgan fingerprint density at radius 1 is 1.14 bits per heavy atom. The van der Waals surface area contributed by atoms with Crippen molar-refractivity contribution in [3.63, 3.8) is 0 Å². The summed E-state index contributed by atoms with van der Waals surface area (Å²) in [4.78, 5) is 3.90. The van der Waals surface area contributed by atoms with Gasteiger partial charge in [-0.3, -0.25) is 4.72 Å². The number of halogens is 2. The number of anilines is 3. The molecule has 0 amide bonds. The molecule has 22 heavy (non-hydrogen) atoms. The lowest BCUT2D eigenvalue weighted by Gasteiger charge is -2.10. The van der Waals surface area contributed by atoms with Gasteiger partial charge in [-0.1, -0.05) is 13.0 Å². The molecule has 1 heterocycles. The minimum Gasteiger partial charge on any atom is -0.349 e. The van der Waals surface area contributed by atoms with E-state index in [-0.39, 0.29) is 17.3 Å². The van der Waals surface area contributed by atoms with E-state index in [2.05, 4.69) is 15.0 Å². The van der Waals surface area contributed by atoms with Gasteiger partial charge in [-0.05, 0) is 30.7 Å². The first-order valence-electron chi connectivity index (χ1n) is 6.59. The van der Waals surface area contributed by atoms with E-state index in [1.807, 2.05) is 0 Å². The Kier molecular flexibility index (Phi) is 4.92.